The van der Waals surface area contributed by atoms with Gasteiger partial charge in [0.1, 0.15) is 11.5 Å². The van der Waals surface area contributed by atoms with Gasteiger partial charge in [0.15, 0.2) is 5.69 Å². The summed E-state index contributed by atoms with van der Waals surface area (Å²) in [5, 5.41) is 9.80. The molecule has 0 spiro atoms. The lowest BCUT2D eigenvalue weighted by molar-refractivity contribution is 0.0691. The molecule has 4 nitrogen and oxygen atoms in total. The van der Waals surface area contributed by atoms with E-state index in [-0.39, 0.29) is 10.7 Å². The van der Waals surface area contributed by atoms with Gasteiger partial charge in [0, 0.05) is 24.2 Å². The standard InChI is InChI=1S/C15H10ClFN2O2/c1-19-7-10(8-2-4-11(16)12(17)6-8)9-3-5-13(15(20)21)18-14(9)19/h2-7H,1H3,(H,20,21). The molecule has 21 heavy (non-hydrogen) atoms. The Bertz CT molecular complexity index is 873. The fourth-order valence-electron chi connectivity index (χ4n) is 2.26. The van der Waals surface area contributed by atoms with Crippen molar-refractivity contribution in [1.82, 2.24) is 9.55 Å². The second kappa shape index (κ2) is 4.86. The highest BCUT2D eigenvalue weighted by Gasteiger charge is 2.14. The van der Waals surface area contributed by atoms with Gasteiger partial charge in [-0.05, 0) is 29.8 Å². The van der Waals surface area contributed by atoms with E-state index < -0.39 is 11.8 Å². The van der Waals surface area contributed by atoms with Crippen molar-refractivity contribution in [2.24, 2.45) is 7.05 Å². The highest BCUT2D eigenvalue weighted by Crippen LogP contribution is 2.31. The van der Waals surface area contributed by atoms with Gasteiger partial charge in [-0.3, -0.25) is 0 Å². The SMILES string of the molecule is Cn1cc(-c2ccc(Cl)c(F)c2)c2ccc(C(=O)O)nc21. The number of carboxylic acids is 1. The molecule has 1 N–H and O–H groups in total. The van der Waals surface area contributed by atoms with Crippen LogP contribution in [0.15, 0.2) is 36.5 Å². The van der Waals surface area contributed by atoms with E-state index in [1.165, 1.54) is 18.2 Å². The number of fused-ring (bicyclic) bond motifs is 1. The van der Waals surface area contributed by atoms with Crippen LogP contribution in [0.2, 0.25) is 5.02 Å². The van der Waals surface area contributed by atoms with Crippen LogP contribution in [0.25, 0.3) is 22.2 Å². The van der Waals surface area contributed by atoms with Crippen molar-refractivity contribution in [2.75, 3.05) is 0 Å². The molecule has 106 valence electrons. The summed E-state index contributed by atoms with van der Waals surface area (Å²) in [5.74, 6) is -1.58. The molecule has 3 aromatic rings. The van der Waals surface area contributed by atoms with Crippen molar-refractivity contribution < 1.29 is 14.3 Å². The van der Waals surface area contributed by atoms with E-state index >= 15 is 0 Å². The van der Waals surface area contributed by atoms with Gasteiger partial charge in [0.2, 0.25) is 0 Å². The first-order chi connectivity index (χ1) is 9.97. The number of aryl methyl sites for hydroxylation is 1. The number of carboxylic acid groups (broad SMARTS) is 1. The molecule has 0 aliphatic carbocycles. The van der Waals surface area contributed by atoms with Gasteiger partial charge in [-0.1, -0.05) is 17.7 Å². The Morgan fingerprint density at radius 2 is 2.10 bits per heavy atom. The molecule has 6 heteroatoms. The van der Waals surface area contributed by atoms with Crippen molar-refractivity contribution in [2.45, 2.75) is 0 Å². The largest absolute Gasteiger partial charge is 0.477 e. The number of carbonyl (C=O) groups is 1. The molecule has 0 aliphatic heterocycles. The molecule has 1 aromatic carbocycles. The Labute approximate surface area is 124 Å². The first-order valence-electron chi connectivity index (χ1n) is 6.12. The van der Waals surface area contributed by atoms with Crippen LogP contribution in [0.3, 0.4) is 0 Å². The number of aromatic carboxylic acids is 1. The fraction of sp³-hybridized carbons (Fsp3) is 0.0667. The van der Waals surface area contributed by atoms with Crippen LogP contribution in [-0.4, -0.2) is 20.6 Å². The Kier molecular flexibility index (Phi) is 3.14. The Morgan fingerprint density at radius 3 is 2.76 bits per heavy atom. The molecule has 0 saturated heterocycles. The van der Waals surface area contributed by atoms with Crippen molar-refractivity contribution in [3.05, 3.63) is 53.1 Å². The van der Waals surface area contributed by atoms with Crippen molar-refractivity contribution in [3.63, 3.8) is 0 Å². The smallest absolute Gasteiger partial charge is 0.354 e. The third-order valence-electron chi connectivity index (χ3n) is 3.27. The first kappa shape index (κ1) is 13.6. The van der Waals surface area contributed by atoms with Gasteiger partial charge in [-0.15, -0.1) is 0 Å². The van der Waals surface area contributed by atoms with Gasteiger partial charge < -0.3 is 9.67 Å². The lowest BCUT2D eigenvalue weighted by Crippen LogP contribution is -2.00. The minimum absolute atomic E-state index is 0.0301. The van der Waals surface area contributed by atoms with Crippen LogP contribution in [0, 0.1) is 5.82 Å². The zero-order valence-electron chi connectivity index (χ0n) is 11.0. The van der Waals surface area contributed by atoms with Crippen molar-refractivity contribution in [3.8, 4) is 11.1 Å². The first-order valence-corrected chi connectivity index (χ1v) is 6.50. The molecular weight excluding hydrogens is 295 g/mol. The number of nitrogens with zero attached hydrogens (tertiary/aromatic N) is 2. The Morgan fingerprint density at radius 1 is 1.33 bits per heavy atom. The second-order valence-corrected chi connectivity index (χ2v) is 5.06. The molecular formula is C15H10ClFN2O2. The number of pyridine rings is 1. The van der Waals surface area contributed by atoms with Crippen LogP contribution in [0.1, 0.15) is 10.5 Å². The molecule has 2 aromatic heterocycles. The number of rotatable bonds is 2. The third kappa shape index (κ3) is 2.25. The Balaban J connectivity index is 2.24. The number of hydrogen-bond donors (Lipinski definition) is 1. The molecule has 0 radical (unpaired) electrons. The summed E-state index contributed by atoms with van der Waals surface area (Å²) in [6, 6.07) is 7.66. The van der Waals surface area contributed by atoms with Crippen LogP contribution < -0.4 is 0 Å². The number of aromatic nitrogens is 2. The zero-order valence-corrected chi connectivity index (χ0v) is 11.7. The van der Waals surface area contributed by atoms with E-state index in [0.29, 0.717) is 11.2 Å². The molecule has 2 heterocycles. The maximum atomic E-state index is 13.6. The van der Waals surface area contributed by atoms with Gasteiger partial charge in [-0.25, -0.2) is 14.2 Å². The third-order valence-corrected chi connectivity index (χ3v) is 3.58. The van der Waals surface area contributed by atoms with Gasteiger partial charge in [-0.2, -0.15) is 0 Å². The summed E-state index contributed by atoms with van der Waals surface area (Å²) in [4.78, 5) is 15.1. The van der Waals surface area contributed by atoms with Gasteiger partial charge in [0.05, 0.1) is 5.02 Å². The van der Waals surface area contributed by atoms with E-state index in [0.717, 1.165) is 10.9 Å². The maximum Gasteiger partial charge on any atom is 0.354 e. The lowest BCUT2D eigenvalue weighted by Gasteiger charge is -2.01. The quantitative estimate of drug-likeness (QED) is 0.785. The maximum absolute atomic E-state index is 13.6. The van der Waals surface area contributed by atoms with Gasteiger partial charge in [0.25, 0.3) is 0 Å². The van der Waals surface area contributed by atoms with Crippen LogP contribution in [-0.2, 0) is 7.05 Å². The average molecular weight is 305 g/mol. The van der Waals surface area contributed by atoms with E-state index in [9.17, 15) is 9.18 Å². The molecule has 0 atom stereocenters. The summed E-state index contributed by atoms with van der Waals surface area (Å²) in [5.41, 5.74) is 1.93. The predicted molar refractivity (Wildman–Crippen MR) is 78.1 cm³/mol. The molecule has 0 aliphatic rings. The van der Waals surface area contributed by atoms with Gasteiger partial charge >= 0.3 is 5.97 Å². The predicted octanol–water partition coefficient (Wildman–Crippen LogP) is 3.73. The number of halogens is 2. The van der Waals surface area contributed by atoms with Crippen molar-refractivity contribution in [1.29, 1.82) is 0 Å². The summed E-state index contributed by atoms with van der Waals surface area (Å²) in [6.07, 6.45) is 1.78. The summed E-state index contributed by atoms with van der Waals surface area (Å²) < 4.78 is 15.3. The highest BCUT2D eigenvalue weighted by atomic mass is 35.5. The lowest BCUT2D eigenvalue weighted by atomic mass is 10.1. The van der Waals surface area contributed by atoms with Crippen LogP contribution in [0.4, 0.5) is 4.39 Å². The minimum Gasteiger partial charge on any atom is -0.477 e. The van der Waals surface area contributed by atoms with E-state index in [1.807, 2.05) is 0 Å². The zero-order chi connectivity index (χ0) is 15.1. The van der Waals surface area contributed by atoms with Crippen LogP contribution >= 0.6 is 11.6 Å². The fourth-order valence-corrected chi connectivity index (χ4v) is 2.38. The minimum atomic E-state index is -1.09. The normalized spacial score (nSPS) is 11.0. The summed E-state index contributed by atoms with van der Waals surface area (Å²) in [6.45, 7) is 0. The molecule has 3 rings (SSSR count). The molecule has 0 amide bonds. The topological polar surface area (TPSA) is 55.1 Å². The van der Waals surface area contributed by atoms with Crippen LogP contribution in [0.5, 0.6) is 0 Å². The van der Waals surface area contributed by atoms with Crippen molar-refractivity contribution >= 4 is 28.6 Å². The molecule has 0 unspecified atom stereocenters. The summed E-state index contributed by atoms with van der Waals surface area (Å²) in [7, 11) is 1.76. The average Bonchev–Trinajstić information content (AvgIpc) is 2.79. The molecule has 0 bridgehead atoms. The second-order valence-electron chi connectivity index (χ2n) is 4.66. The monoisotopic (exact) mass is 304 g/mol. The van der Waals surface area contributed by atoms with E-state index in [4.69, 9.17) is 16.7 Å². The molecule has 0 fully saturated rings. The number of benzene rings is 1. The number of hydrogen-bond acceptors (Lipinski definition) is 2. The molecule has 0 saturated carbocycles. The Hall–Kier alpha value is -2.40. The highest BCUT2D eigenvalue weighted by molar-refractivity contribution is 6.30. The van der Waals surface area contributed by atoms with E-state index in [2.05, 4.69) is 4.98 Å². The van der Waals surface area contributed by atoms with E-state index in [1.54, 1.807) is 29.9 Å². The summed E-state index contributed by atoms with van der Waals surface area (Å²) >= 11 is 5.69.